The van der Waals surface area contributed by atoms with E-state index in [1.165, 1.54) is 19.3 Å². The van der Waals surface area contributed by atoms with Crippen molar-refractivity contribution in [2.24, 2.45) is 0 Å². The molecule has 0 heterocycles. The van der Waals surface area contributed by atoms with E-state index < -0.39 is 10.9 Å². The fourth-order valence-corrected chi connectivity index (χ4v) is 1.49. The summed E-state index contributed by atoms with van der Waals surface area (Å²) >= 11 is 3.22. The molecule has 84 valence electrons. The van der Waals surface area contributed by atoms with Gasteiger partial charge in [-0.15, -0.1) is 0 Å². The molecule has 0 saturated heterocycles. The van der Waals surface area contributed by atoms with E-state index in [1.807, 2.05) is 0 Å². The number of rotatable bonds is 3. The van der Waals surface area contributed by atoms with Gasteiger partial charge < -0.3 is 4.74 Å². The summed E-state index contributed by atoms with van der Waals surface area (Å²) in [6.45, 7) is 0. The molecule has 0 radical (unpaired) electrons. The van der Waals surface area contributed by atoms with Crippen LogP contribution in [0.1, 0.15) is 15.9 Å². The molecule has 0 atom stereocenters. The monoisotopic (exact) mass is 285 g/mol. The van der Waals surface area contributed by atoms with Gasteiger partial charge >= 0.3 is 5.97 Å². The summed E-state index contributed by atoms with van der Waals surface area (Å²) in [5.74, 6) is -0.532. The number of ether oxygens (including phenoxy) is 1. The molecule has 0 aliphatic heterocycles. The van der Waals surface area contributed by atoms with Crippen LogP contribution in [0.4, 0.5) is 0 Å². The molecule has 0 spiro atoms. The lowest BCUT2D eigenvalue weighted by Crippen LogP contribution is -2.03. The number of carbonyl (C=O) groups is 1. The maximum absolute atomic E-state index is 11.3. The van der Waals surface area contributed by atoms with Crippen molar-refractivity contribution in [3.63, 3.8) is 0 Å². The van der Waals surface area contributed by atoms with E-state index in [0.29, 0.717) is 5.56 Å². The minimum absolute atomic E-state index is 0.281. The maximum atomic E-state index is 11.3. The van der Waals surface area contributed by atoms with E-state index in [4.69, 9.17) is 0 Å². The zero-order valence-corrected chi connectivity index (χ0v) is 9.93. The largest absolute Gasteiger partial charge is 0.465 e. The highest BCUT2D eigenvalue weighted by molar-refractivity contribution is 9.10. The van der Waals surface area contributed by atoms with Crippen molar-refractivity contribution in [3.05, 3.63) is 50.1 Å². The molecule has 0 saturated carbocycles. The Bertz CT molecular complexity index is 456. The summed E-state index contributed by atoms with van der Waals surface area (Å²) in [6, 6.07) is 4.80. The summed E-state index contributed by atoms with van der Waals surface area (Å²) in [5.41, 5.74) is 0.710. The van der Waals surface area contributed by atoms with E-state index in [9.17, 15) is 14.9 Å². The highest BCUT2D eigenvalue weighted by Gasteiger charge is 2.10. The van der Waals surface area contributed by atoms with Gasteiger partial charge in [-0.05, 0) is 23.8 Å². The van der Waals surface area contributed by atoms with Gasteiger partial charge in [0.05, 0.1) is 17.6 Å². The summed E-state index contributed by atoms with van der Waals surface area (Å²) < 4.78 is 5.29. The first-order valence-electron chi connectivity index (χ1n) is 4.24. The molecule has 0 aliphatic carbocycles. The third kappa shape index (κ3) is 3.16. The molecule has 1 rings (SSSR count). The Morgan fingerprint density at radius 1 is 1.56 bits per heavy atom. The van der Waals surface area contributed by atoms with Crippen molar-refractivity contribution in [1.82, 2.24) is 0 Å². The van der Waals surface area contributed by atoms with Gasteiger partial charge in [0.15, 0.2) is 0 Å². The summed E-state index contributed by atoms with van der Waals surface area (Å²) in [6.07, 6.45) is 2.02. The highest BCUT2D eigenvalue weighted by Crippen LogP contribution is 2.18. The van der Waals surface area contributed by atoms with Crippen molar-refractivity contribution in [2.45, 2.75) is 0 Å². The number of benzene rings is 1. The van der Waals surface area contributed by atoms with Gasteiger partial charge in [0.25, 0.3) is 0 Å². The van der Waals surface area contributed by atoms with Gasteiger partial charge in [-0.25, -0.2) is 4.79 Å². The first-order chi connectivity index (χ1) is 7.54. The van der Waals surface area contributed by atoms with Crippen LogP contribution in [-0.2, 0) is 4.74 Å². The number of esters is 1. The lowest BCUT2D eigenvalue weighted by Gasteiger charge is -2.03. The predicted octanol–water partition coefficient (Wildman–Crippen LogP) is 2.48. The minimum atomic E-state index is -0.595. The Balaban J connectivity index is 3.18. The van der Waals surface area contributed by atoms with Crippen molar-refractivity contribution in [2.75, 3.05) is 7.11 Å². The van der Waals surface area contributed by atoms with E-state index in [-0.39, 0.29) is 5.56 Å². The van der Waals surface area contributed by atoms with E-state index in [0.717, 1.165) is 10.7 Å². The lowest BCUT2D eigenvalue weighted by atomic mass is 10.1. The van der Waals surface area contributed by atoms with Gasteiger partial charge in [-0.3, -0.25) is 10.1 Å². The molecular weight excluding hydrogens is 278 g/mol. The molecule has 0 amide bonds. The van der Waals surface area contributed by atoms with Gasteiger partial charge in [0.2, 0.25) is 6.20 Å². The molecule has 0 bridgehead atoms. The van der Waals surface area contributed by atoms with Crippen LogP contribution in [0.2, 0.25) is 0 Å². The number of nitro groups is 1. The molecule has 0 unspecified atom stereocenters. The molecule has 1 aromatic carbocycles. The molecule has 0 aromatic heterocycles. The normalized spacial score (nSPS) is 10.4. The fourth-order valence-electron chi connectivity index (χ4n) is 1.11. The van der Waals surface area contributed by atoms with Gasteiger partial charge in [0.1, 0.15) is 0 Å². The molecule has 0 fully saturated rings. The third-order valence-electron chi connectivity index (χ3n) is 1.79. The second kappa shape index (κ2) is 5.41. The fraction of sp³-hybridized carbons (Fsp3) is 0.100. The SMILES string of the molecule is COC(=O)c1ccc(Br)cc1C=C[N+](=O)[O-]. The zero-order valence-electron chi connectivity index (χ0n) is 8.34. The Labute approximate surface area is 100.0 Å². The topological polar surface area (TPSA) is 69.4 Å². The average molecular weight is 286 g/mol. The van der Waals surface area contributed by atoms with Crippen molar-refractivity contribution in [1.29, 1.82) is 0 Å². The lowest BCUT2D eigenvalue weighted by molar-refractivity contribution is -0.400. The van der Waals surface area contributed by atoms with E-state index in [1.54, 1.807) is 12.1 Å². The van der Waals surface area contributed by atoms with Crippen LogP contribution in [0.3, 0.4) is 0 Å². The van der Waals surface area contributed by atoms with Gasteiger partial charge in [0, 0.05) is 10.5 Å². The number of hydrogen-bond donors (Lipinski definition) is 0. The Morgan fingerprint density at radius 2 is 2.25 bits per heavy atom. The number of halogens is 1. The quantitative estimate of drug-likeness (QED) is 0.486. The van der Waals surface area contributed by atoms with Crippen molar-refractivity contribution in [3.8, 4) is 0 Å². The summed E-state index contributed by atoms with van der Waals surface area (Å²) in [5, 5.41) is 10.2. The Morgan fingerprint density at radius 3 is 2.81 bits per heavy atom. The van der Waals surface area contributed by atoms with E-state index in [2.05, 4.69) is 20.7 Å². The molecule has 0 N–H and O–H groups in total. The van der Waals surface area contributed by atoms with Crippen LogP contribution in [0.25, 0.3) is 6.08 Å². The molecule has 0 aliphatic rings. The standard InChI is InChI=1S/C10H8BrNO4/c1-16-10(13)9-3-2-8(11)6-7(9)4-5-12(14)15/h2-6H,1H3. The van der Waals surface area contributed by atoms with Crippen LogP contribution in [0.15, 0.2) is 28.9 Å². The molecule has 5 nitrogen and oxygen atoms in total. The number of methoxy groups -OCH3 is 1. The van der Waals surface area contributed by atoms with Crippen LogP contribution in [0, 0.1) is 10.1 Å². The second-order valence-electron chi connectivity index (χ2n) is 2.82. The average Bonchev–Trinajstić information content (AvgIpc) is 2.25. The van der Waals surface area contributed by atoms with Gasteiger partial charge in [-0.2, -0.15) is 0 Å². The molecule has 1 aromatic rings. The van der Waals surface area contributed by atoms with E-state index >= 15 is 0 Å². The Hall–Kier alpha value is -1.69. The predicted molar refractivity (Wildman–Crippen MR) is 61.5 cm³/mol. The van der Waals surface area contributed by atoms with Crippen molar-refractivity contribution >= 4 is 28.0 Å². The third-order valence-corrected chi connectivity index (χ3v) is 2.29. The van der Waals surface area contributed by atoms with Crippen molar-refractivity contribution < 1.29 is 14.5 Å². The Kier molecular flexibility index (Phi) is 4.19. The number of carbonyl (C=O) groups excluding carboxylic acids is 1. The smallest absolute Gasteiger partial charge is 0.338 e. The maximum Gasteiger partial charge on any atom is 0.338 e. The van der Waals surface area contributed by atoms with Crippen LogP contribution in [0.5, 0.6) is 0 Å². The van der Waals surface area contributed by atoms with Crippen LogP contribution in [-0.4, -0.2) is 18.0 Å². The molecule has 16 heavy (non-hydrogen) atoms. The summed E-state index contributed by atoms with van der Waals surface area (Å²) in [7, 11) is 1.26. The zero-order chi connectivity index (χ0) is 12.1. The first kappa shape index (κ1) is 12.4. The molecular formula is C10H8BrNO4. The number of nitrogens with zero attached hydrogens (tertiary/aromatic N) is 1. The minimum Gasteiger partial charge on any atom is -0.465 e. The first-order valence-corrected chi connectivity index (χ1v) is 5.03. The molecule has 6 heteroatoms. The number of hydrogen-bond acceptors (Lipinski definition) is 4. The second-order valence-corrected chi connectivity index (χ2v) is 3.74. The van der Waals surface area contributed by atoms with Crippen LogP contribution < -0.4 is 0 Å². The van der Waals surface area contributed by atoms with Gasteiger partial charge in [-0.1, -0.05) is 15.9 Å². The summed E-state index contributed by atoms with van der Waals surface area (Å²) in [4.78, 5) is 21.0. The van der Waals surface area contributed by atoms with Crippen LogP contribution >= 0.6 is 15.9 Å². The highest BCUT2D eigenvalue weighted by atomic mass is 79.9.